The summed E-state index contributed by atoms with van der Waals surface area (Å²) in [6.45, 7) is 1.55. The summed E-state index contributed by atoms with van der Waals surface area (Å²) >= 11 is 0. The monoisotopic (exact) mass is 234 g/mol. The van der Waals surface area contributed by atoms with E-state index in [2.05, 4.69) is 9.97 Å². The van der Waals surface area contributed by atoms with Gasteiger partial charge in [0.2, 0.25) is 0 Å². The molecule has 0 amide bonds. The summed E-state index contributed by atoms with van der Waals surface area (Å²) in [6, 6.07) is 4.72. The van der Waals surface area contributed by atoms with Gasteiger partial charge >= 0.3 is 17.1 Å². The minimum Gasteiger partial charge on any atom is -0.481 e. The van der Waals surface area contributed by atoms with Crippen LogP contribution in [0.25, 0.3) is 11.0 Å². The second-order valence-electron chi connectivity index (χ2n) is 3.77. The van der Waals surface area contributed by atoms with Gasteiger partial charge in [-0.15, -0.1) is 0 Å². The maximum atomic E-state index is 11.1. The van der Waals surface area contributed by atoms with E-state index in [9.17, 15) is 14.4 Å². The molecule has 1 atom stereocenters. The molecule has 1 unspecified atom stereocenters. The van der Waals surface area contributed by atoms with Crippen molar-refractivity contribution in [3.8, 4) is 0 Å². The molecule has 6 heteroatoms. The maximum absolute atomic E-state index is 11.1. The number of aromatic amines is 2. The summed E-state index contributed by atoms with van der Waals surface area (Å²) in [7, 11) is 0. The minimum atomic E-state index is -0.948. The van der Waals surface area contributed by atoms with E-state index in [1.165, 1.54) is 0 Å². The zero-order valence-corrected chi connectivity index (χ0v) is 8.98. The molecule has 2 rings (SSSR count). The van der Waals surface area contributed by atoms with Gasteiger partial charge in [-0.1, -0.05) is 6.07 Å². The second-order valence-corrected chi connectivity index (χ2v) is 3.77. The molecule has 0 saturated carbocycles. The topological polar surface area (TPSA) is 103 Å². The van der Waals surface area contributed by atoms with Crippen molar-refractivity contribution >= 4 is 17.0 Å². The molecule has 0 spiro atoms. The van der Waals surface area contributed by atoms with E-state index in [-0.39, 0.29) is 0 Å². The van der Waals surface area contributed by atoms with Crippen LogP contribution < -0.4 is 11.1 Å². The van der Waals surface area contributed by atoms with Gasteiger partial charge in [-0.05, 0) is 24.6 Å². The number of carboxylic acid groups (broad SMARTS) is 1. The van der Waals surface area contributed by atoms with Crippen molar-refractivity contribution in [2.45, 2.75) is 12.8 Å². The van der Waals surface area contributed by atoms with Gasteiger partial charge in [0.25, 0.3) is 0 Å². The highest BCUT2D eigenvalue weighted by Crippen LogP contribution is 2.18. The third-order valence-electron chi connectivity index (χ3n) is 2.62. The van der Waals surface area contributed by atoms with E-state index in [1.807, 2.05) is 0 Å². The van der Waals surface area contributed by atoms with Crippen LogP contribution in [0.3, 0.4) is 0 Å². The zero-order valence-electron chi connectivity index (χ0n) is 8.98. The normalized spacial score (nSPS) is 12.5. The van der Waals surface area contributed by atoms with Gasteiger partial charge in [-0.2, -0.15) is 0 Å². The Morgan fingerprint density at radius 3 is 2.35 bits per heavy atom. The third kappa shape index (κ3) is 1.96. The Bertz CT molecular complexity index is 698. The van der Waals surface area contributed by atoms with Crippen LogP contribution >= 0.6 is 0 Å². The van der Waals surface area contributed by atoms with Crippen molar-refractivity contribution in [3.05, 3.63) is 44.5 Å². The number of nitrogens with one attached hydrogen (secondary N) is 2. The number of carbonyl (C=O) groups is 1. The van der Waals surface area contributed by atoms with E-state index in [0.717, 1.165) is 0 Å². The van der Waals surface area contributed by atoms with Crippen LogP contribution in [-0.2, 0) is 4.79 Å². The van der Waals surface area contributed by atoms with E-state index >= 15 is 0 Å². The van der Waals surface area contributed by atoms with Crippen LogP contribution in [0.15, 0.2) is 27.8 Å². The van der Waals surface area contributed by atoms with Gasteiger partial charge in [0.15, 0.2) is 0 Å². The van der Waals surface area contributed by atoms with Crippen molar-refractivity contribution in [1.82, 2.24) is 9.97 Å². The molecular weight excluding hydrogens is 224 g/mol. The number of rotatable bonds is 2. The molecule has 3 N–H and O–H groups in total. The van der Waals surface area contributed by atoms with Gasteiger partial charge in [0, 0.05) is 0 Å². The van der Waals surface area contributed by atoms with E-state index in [1.54, 1.807) is 25.1 Å². The first-order valence-corrected chi connectivity index (χ1v) is 4.98. The fourth-order valence-electron chi connectivity index (χ4n) is 1.54. The van der Waals surface area contributed by atoms with Gasteiger partial charge in [0.05, 0.1) is 17.0 Å². The molecule has 0 aliphatic rings. The Balaban J connectivity index is 2.66. The van der Waals surface area contributed by atoms with Crippen molar-refractivity contribution in [2.75, 3.05) is 0 Å². The Labute approximate surface area is 94.9 Å². The number of aromatic nitrogens is 2. The molecule has 1 aromatic carbocycles. The van der Waals surface area contributed by atoms with Crippen molar-refractivity contribution < 1.29 is 9.90 Å². The van der Waals surface area contributed by atoms with Gasteiger partial charge in [-0.3, -0.25) is 14.4 Å². The number of aliphatic carboxylic acids is 1. The van der Waals surface area contributed by atoms with Gasteiger partial charge in [0.1, 0.15) is 0 Å². The van der Waals surface area contributed by atoms with Gasteiger partial charge in [-0.25, -0.2) is 0 Å². The molecular formula is C11H10N2O4. The Kier molecular flexibility index (Phi) is 2.55. The SMILES string of the molecule is CC(C(=O)O)c1ccc2[nH]c(=O)c(=O)[nH]c2c1. The lowest BCUT2D eigenvalue weighted by Crippen LogP contribution is -2.28. The lowest BCUT2D eigenvalue weighted by atomic mass is 10.0. The van der Waals surface area contributed by atoms with Crippen molar-refractivity contribution in [3.63, 3.8) is 0 Å². The van der Waals surface area contributed by atoms with E-state index in [4.69, 9.17) is 5.11 Å². The molecule has 6 nitrogen and oxygen atoms in total. The number of H-pyrrole nitrogens is 2. The largest absolute Gasteiger partial charge is 0.481 e. The molecule has 0 aliphatic carbocycles. The van der Waals surface area contributed by atoms with E-state index in [0.29, 0.717) is 16.6 Å². The number of hydrogen-bond donors (Lipinski definition) is 3. The zero-order chi connectivity index (χ0) is 12.6. The highest BCUT2D eigenvalue weighted by atomic mass is 16.4. The standard InChI is InChI=1S/C11H10N2O4/c1-5(11(16)17)6-2-3-7-8(4-6)13-10(15)9(14)12-7/h2-5H,1H3,(H,12,14)(H,13,15)(H,16,17). The number of fused-ring (bicyclic) bond motifs is 1. The van der Waals surface area contributed by atoms with Gasteiger partial charge < -0.3 is 15.1 Å². The summed E-state index contributed by atoms with van der Waals surface area (Å²) in [5.74, 6) is -1.62. The summed E-state index contributed by atoms with van der Waals surface area (Å²) in [6.07, 6.45) is 0. The highest BCUT2D eigenvalue weighted by molar-refractivity contribution is 5.80. The smallest absolute Gasteiger partial charge is 0.314 e. The van der Waals surface area contributed by atoms with Crippen LogP contribution in [0.2, 0.25) is 0 Å². The average molecular weight is 234 g/mol. The van der Waals surface area contributed by atoms with Crippen LogP contribution in [0.5, 0.6) is 0 Å². The summed E-state index contributed by atoms with van der Waals surface area (Å²) in [5.41, 5.74) is -0.0296. The van der Waals surface area contributed by atoms with Crippen LogP contribution in [0.1, 0.15) is 18.4 Å². The molecule has 0 radical (unpaired) electrons. The van der Waals surface area contributed by atoms with Crippen LogP contribution in [0, 0.1) is 0 Å². The summed E-state index contributed by atoms with van der Waals surface area (Å²) in [4.78, 5) is 37.8. The number of carboxylic acids is 1. The summed E-state index contributed by atoms with van der Waals surface area (Å²) < 4.78 is 0. The first kappa shape index (κ1) is 11.1. The maximum Gasteiger partial charge on any atom is 0.314 e. The van der Waals surface area contributed by atoms with Crippen molar-refractivity contribution in [1.29, 1.82) is 0 Å². The molecule has 2 aromatic rings. The Hall–Kier alpha value is -2.37. The Morgan fingerprint density at radius 1 is 1.18 bits per heavy atom. The molecule has 0 bridgehead atoms. The highest BCUT2D eigenvalue weighted by Gasteiger charge is 2.14. The molecule has 0 fully saturated rings. The Morgan fingerprint density at radius 2 is 1.76 bits per heavy atom. The molecule has 0 aliphatic heterocycles. The first-order chi connectivity index (χ1) is 7.99. The lowest BCUT2D eigenvalue weighted by molar-refractivity contribution is -0.138. The molecule has 0 saturated heterocycles. The lowest BCUT2D eigenvalue weighted by Gasteiger charge is -2.07. The number of hydrogen-bond acceptors (Lipinski definition) is 3. The molecule has 88 valence electrons. The second kappa shape index (κ2) is 3.89. The predicted molar refractivity (Wildman–Crippen MR) is 61.2 cm³/mol. The van der Waals surface area contributed by atoms with Crippen molar-refractivity contribution in [2.24, 2.45) is 0 Å². The predicted octanol–water partition coefficient (Wildman–Crippen LogP) is 0.404. The number of benzene rings is 1. The van der Waals surface area contributed by atoms with E-state index < -0.39 is 23.0 Å². The molecule has 1 aromatic heterocycles. The van der Waals surface area contributed by atoms with Crippen LogP contribution in [-0.4, -0.2) is 21.0 Å². The molecule has 17 heavy (non-hydrogen) atoms. The minimum absolute atomic E-state index is 0.417. The van der Waals surface area contributed by atoms with Crippen LogP contribution in [0.4, 0.5) is 0 Å². The fourth-order valence-corrected chi connectivity index (χ4v) is 1.54. The average Bonchev–Trinajstić information content (AvgIpc) is 2.29. The quantitative estimate of drug-likeness (QED) is 0.654. The fraction of sp³-hybridized carbons (Fsp3) is 0.182. The summed E-state index contributed by atoms with van der Waals surface area (Å²) in [5, 5.41) is 8.88. The third-order valence-corrected chi connectivity index (χ3v) is 2.62. The molecule has 1 heterocycles. The first-order valence-electron chi connectivity index (χ1n) is 4.98.